The highest BCUT2D eigenvalue weighted by Gasteiger charge is 2.09. The lowest BCUT2D eigenvalue weighted by Crippen LogP contribution is -2.10. The monoisotopic (exact) mass is 270 g/mol. The van der Waals surface area contributed by atoms with Crippen LogP contribution in [0.15, 0.2) is 11.6 Å². The highest BCUT2D eigenvalue weighted by molar-refractivity contribution is 5.87. The van der Waals surface area contributed by atoms with E-state index in [0.29, 0.717) is 11.5 Å². The predicted octanol–water partition coefficient (Wildman–Crippen LogP) is 3.56. The van der Waals surface area contributed by atoms with Gasteiger partial charge in [-0.05, 0) is 19.3 Å². The van der Waals surface area contributed by atoms with Crippen molar-refractivity contribution in [2.45, 2.75) is 59.3 Å². The van der Waals surface area contributed by atoms with Crippen molar-refractivity contribution in [2.24, 2.45) is 5.92 Å². The molecule has 0 spiro atoms. The third-order valence-electron chi connectivity index (χ3n) is 3.17. The molecule has 1 N–H and O–H groups in total. The van der Waals surface area contributed by atoms with Gasteiger partial charge < -0.3 is 9.84 Å². The Morgan fingerprint density at radius 1 is 1.32 bits per heavy atom. The number of ether oxygens (including phenoxy) is 1. The lowest BCUT2D eigenvalue weighted by Gasteiger charge is -2.12. The molecule has 0 saturated carbocycles. The minimum Gasteiger partial charge on any atom is -0.481 e. The molecule has 0 fully saturated rings. The highest BCUT2D eigenvalue weighted by atomic mass is 16.5. The lowest BCUT2D eigenvalue weighted by molar-refractivity contribution is -0.143. The summed E-state index contributed by atoms with van der Waals surface area (Å²) in [6.45, 7) is 5.99. The SMILES string of the molecule is CCCCC(CC)C/C=C(\C)C(=O)OCCC(=O)O. The van der Waals surface area contributed by atoms with Gasteiger partial charge in [0, 0.05) is 5.57 Å². The van der Waals surface area contributed by atoms with Crippen LogP contribution in [0.4, 0.5) is 0 Å². The second kappa shape index (κ2) is 10.6. The van der Waals surface area contributed by atoms with Crippen LogP contribution in [0.5, 0.6) is 0 Å². The summed E-state index contributed by atoms with van der Waals surface area (Å²) in [4.78, 5) is 21.9. The van der Waals surface area contributed by atoms with E-state index in [1.165, 1.54) is 19.3 Å². The van der Waals surface area contributed by atoms with E-state index in [0.717, 1.165) is 12.8 Å². The maximum absolute atomic E-state index is 11.6. The standard InChI is InChI=1S/C15H26O4/c1-4-6-7-13(5-2)9-8-12(3)15(18)19-11-10-14(16)17/h8,13H,4-7,9-11H2,1-3H3,(H,16,17)/b12-8+. The average Bonchev–Trinajstić information content (AvgIpc) is 2.38. The van der Waals surface area contributed by atoms with Gasteiger partial charge in [-0.15, -0.1) is 0 Å². The highest BCUT2D eigenvalue weighted by Crippen LogP contribution is 2.18. The van der Waals surface area contributed by atoms with Gasteiger partial charge in [0.15, 0.2) is 0 Å². The van der Waals surface area contributed by atoms with Crippen LogP contribution < -0.4 is 0 Å². The minimum atomic E-state index is -0.958. The van der Waals surface area contributed by atoms with Crippen molar-refractivity contribution in [1.82, 2.24) is 0 Å². The normalized spacial score (nSPS) is 13.1. The molecule has 0 heterocycles. The van der Waals surface area contributed by atoms with E-state index < -0.39 is 11.9 Å². The number of unbranched alkanes of at least 4 members (excludes halogenated alkanes) is 1. The Balaban J connectivity index is 4.07. The summed E-state index contributed by atoms with van der Waals surface area (Å²) >= 11 is 0. The molecule has 0 rings (SSSR count). The van der Waals surface area contributed by atoms with E-state index in [2.05, 4.69) is 13.8 Å². The van der Waals surface area contributed by atoms with E-state index in [-0.39, 0.29) is 13.0 Å². The van der Waals surface area contributed by atoms with Gasteiger partial charge in [0.05, 0.1) is 6.42 Å². The Kier molecular flexibility index (Phi) is 9.85. The van der Waals surface area contributed by atoms with Crippen LogP contribution in [0, 0.1) is 5.92 Å². The fourth-order valence-corrected chi connectivity index (χ4v) is 1.75. The van der Waals surface area contributed by atoms with Crippen molar-refractivity contribution in [1.29, 1.82) is 0 Å². The van der Waals surface area contributed by atoms with E-state index >= 15 is 0 Å². The summed E-state index contributed by atoms with van der Waals surface area (Å²) < 4.78 is 4.87. The predicted molar refractivity (Wildman–Crippen MR) is 74.9 cm³/mol. The van der Waals surface area contributed by atoms with Gasteiger partial charge in [0.25, 0.3) is 0 Å². The number of aliphatic carboxylic acids is 1. The maximum Gasteiger partial charge on any atom is 0.333 e. The Hall–Kier alpha value is -1.32. The van der Waals surface area contributed by atoms with Crippen LogP contribution in [0.2, 0.25) is 0 Å². The third kappa shape index (κ3) is 9.28. The van der Waals surface area contributed by atoms with Crippen molar-refractivity contribution in [3.8, 4) is 0 Å². The molecule has 0 aliphatic heterocycles. The number of esters is 1. The third-order valence-corrected chi connectivity index (χ3v) is 3.17. The van der Waals surface area contributed by atoms with Crippen LogP contribution in [-0.2, 0) is 14.3 Å². The molecule has 110 valence electrons. The zero-order valence-electron chi connectivity index (χ0n) is 12.3. The first kappa shape index (κ1) is 17.7. The molecule has 19 heavy (non-hydrogen) atoms. The number of hydrogen-bond acceptors (Lipinski definition) is 3. The molecular formula is C15H26O4. The topological polar surface area (TPSA) is 63.6 Å². The van der Waals surface area contributed by atoms with E-state index in [1.807, 2.05) is 6.08 Å². The summed E-state index contributed by atoms with van der Waals surface area (Å²) in [5, 5.41) is 8.45. The summed E-state index contributed by atoms with van der Waals surface area (Å²) in [7, 11) is 0. The number of carbonyl (C=O) groups is 2. The van der Waals surface area contributed by atoms with Crippen molar-refractivity contribution < 1.29 is 19.4 Å². The molecule has 0 amide bonds. The number of rotatable bonds is 10. The Labute approximate surface area is 115 Å². The number of hydrogen-bond donors (Lipinski definition) is 1. The second-order valence-corrected chi connectivity index (χ2v) is 4.82. The van der Waals surface area contributed by atoms with Crippen LogP contribution in [0.25, 0.3) is 0 Å². The first-order valence-electron chi connectivity index (χ1n) is 7.06. The number of allylic oxidation sites excluding steroid dienone is 1. The summed E-state index contributed by atoms with van der Waals surface area (Å²) in [6.07, 6.45) is 7.35. The molecule has 4 heteroatoms. The van der Waals surface area contributed by atoms with Crippen molar-refractivity contribution in [3.63, 3.8) is 0 Å². The zero-order chi connectivity index (χ0) is 14.7. The fraction of sp³-hybridized carbons (Fsp3) is 0.733. The largest absolute Gasteiger partial charge is 0.481 e. The van der Waals surface area contributed by atoms with Crippen LogP contribution in [0.3, 0.4) is 0 Å². The first-order chi connectivity index (χ1) is 9.01. The van der Waals surface area contributed by atoms with Crippen LogP contribution in [0.1, 0.15) is 59.3 Å². The number of carboxylic acids is 1. The average molecular weight is 270 g/mol. The number of carbonyl (C=O) groups excluding carboxylic acids is 1. The molecule has 1 unspecified atom stereocenters. The van der Waals surface area contributed by atoms with Crippen LogP contribution in [-0.4, -0.2) is 23.7 Å². The molecule has 4 nitrogen and oxygen atoms in total. The Morgan fingerprint density at radius 2 is 2.00 bits per heavy atom. The molecule has 0 aliphatic rings. The molecule has 0 aliphatic carbocycles. The molecule has 0 saturated heterocycles. The minimum absolute atomic E-state index is 0.0631. The van der Waals surface area contributed by atoms with Gasteiger partial charge in [-0.25, -0.2) is 4.79 Å². The van der Waals surface area contributed by atoms with Gasteiger partial charge in [0.1, 0.15) is 6.61 Å². The lowest BCUT2D eigenvalue weighted by atomic mass is 9.95. The van der Waals surface area contributed by atoms with E-state index in [9.17, 15) is 9.59 Å². The fourth-order valence-electron chi connectivity index (χ4n) is 1.75. The van der Waals surface area contributed by atoms with Gasteiger partial charge >= 0.3 is 11.9 Å². The molecule has 0 aromatic carbocycles. The summed E-state index contributed by atoms with van der Waals surface area (Å²) in [5.74, 6) is -0.756. The van der Waals surface area contributed by atoms with E-state index in [4.69, 9.17) is 9.84 Å². The molecule has 0 aromatic heterocycles. The number of carboxylic acid groups (broad SMARTS) is 1. The summed E-state index contributed by atoms with van der Waals surface area (Å²) in [5.41, 5.74) is 0.570. The second-order valence-electron chi connectivity index (χ2n) is 4.82. The van der Waals surface area contributed by atoms with Gasteiger partial charge in [-0.3, -0.25) is 4.79 Å². The molecule has 0 aromatic rings. The first-order valence-corrected chi connectivity index (χ1v) is 7.06. The van der Waals surface area contributed by atoms with Crippen molar-refractivity contribution in [3.05, 3.63) is 11.6 Å². The maximum atomic E-state index is 11.6. The van der Waals surface area contributed by atoms with Crippen LogP contribution >= 0.6 is 0 Å². The molecule has 1 atom stereocenters. The van der Waals surface area contributed by atoms with Gasteiger partial charge in [-0.1, -0.05) is 45.6 Å². The Morgan fingerprint density at radius 3 is 2.53 bits per heavy atom. The van der Waals surface area contributed by atoms with Gasteiger partial charge in [-0.2, -0.15) is 0 Å². The smallest absolute Gasteiger partial charge is 0.333 e. The Bertz CT molecular complexity index is 307. The van der Waals surface area contributed by atoms with Crippen molar-refractivity contribution >= 4 is 11.9 Å². The quantitative estimate of drug-likeness (QED) is 0.487. The summed E-state index contributed by atoms with van der Waals surface area (Å²) in [6, 6.07) is 0. The zero-order valence-corrected chi connectivity index (χ0v) is 12.3. The van der Waals surface area contributed by atoms with Crippen molar-refractivity contribution in [2.75, 3.05) is 6.61 Å². The van der Waals surface area contributed by atoms with E-state index in [1.54, 1.807) is 6.92 Å². The van der Waals surface area contributed by atoms with Gasteiger partial charge in [0.2, 0.25) is 0 Å². The molecule has 0 radical (unpaired) electrons. The molecule has 0 bridgehead atoms. The molecular weight excluding hydrogens is 244 g/mol.